The smallest absolute Gasteiger partial charge is 0.326 e. The zero-order chi connectivity index (χ0) is 20.0. The van der Waals surface area contributed by atoms with Crippen LogP contribution in [0, 0.1) is 5.82 Å². The molecule has 0 atom stereocenters. The second-order valence-electron chi connectivity index (χ2n) is 6.36. The zero-order valence-electron chi connectivity index (χ0n) is 15.4. The van der Waals surface area contributed by atoms with Gasteiger partial charge in [-0.05, 0) is 43.5 Å². The maximum Gasteiger partial charge on any atom is 0.326 e. The zero-order valence-corrected chi connectivity index (χ0v) is 15.4. The summed E-state index contributed by atoms with van der Waals surface area (Å²) in [6, 6.07) is 4.60. The molecule has 1 aliphatic heterocycles. The fourth-order valence-corrected chi connectivity index (χ4v) is 2.92. The average molecular weight is 378 g/mol. The van der Waals surface area contributed by atoms with Crippen LogP contribution in [0.1, 0.15) is 49.9 Å². The number of hydrogen-bond acceptors (Lipinski definition) is 5. The summed E-state index contributed by atoms with van der Waals surface area (Å²) in [5, 5.41) is 2.63. The van der Waals surface area contributed by atoms with E-state index in [0.29, 0.717) is 18.4 Å². The summed E-state index contributed by atoms with van der Waals surface area (Å²) < 4.78 is 17.9. The van der Waals surface area contributed by atoms with Gasteiger partial charge in [-0.2, -0.15) is 0 Å². The predicted molar refractivity (Wildman–Crippen MR) is 94.5 cm³/mol. The number of hydrogen-bond donors (Lipinski definition) is 1. The highest BCUT2D eigenvalue weighted by Gasteiger charge is 2.49. The van der Waals surface area contributed by atoms with Crippen molar-refractivity contribution in [2.75, 3.05) is 13.2 Å². The average Bonchev–Trinajstić information content (AvgIpc) is 2.90. The first kappa shape index (κ1) is 20.5. The molecule has 1 N–H and O–H groups in total. The normalized spacial score (nSPS) is 15.6. The Kier molecular flexibility index (Phi) is 6.65. The lowest BCUT2D eigenvalue weighted by atomic mass is 9.93. The van der Waals surface area contributed by atoms with Crippen LogP contribution in [0.25, 0.3) is 0 Å². The molecule has 0 unspecified atom stereocenters. The highest BCUT2D eigenvalue weighted by molar-refractivity contribution is 6.08. The number of ketones is 1. The quantitative estimate of drug-likeness (QED) is 0.308. The molecule has 1 aromatic carbocycles. The van der Waals surface area contributed by atoms with Crippen LogP contribution in [0.15, 0.2) is 24.3 Å². The van der Waals surface area contributed by atoms with Crippen LogP contribution >= 0.6 is 0 Å². The molecule has 0 aliphatic carbocycles. The summed E-state index contributed by atoms with van der Waals surface area (Å²) in [4.78, 5) is 49.1. The van der Waals surface area contributed by atoms with Crippen LogP contribution in [-0.2, 0) is 14.3 Å². The first-order valence-corrected chi connectivity index (χ1v) is 8.91. The molecular weight excluding hydrogens is 355 g/mol. The van der Waals surface area contributed by atoms with Crippen LogP contribution in [0.5, 0.6) is 0 Å². The molecule has 146 valence electrons. The lowest BCUT2D eigenvalue weighted by Crippen LogP contribution is -2.46. The van der Waals surface area contributed by atoms with Gasteiger partial charge in [0.25, 0.3) is 5.91 Å². The Morgan fingerprint density at radius 1 is 1.15 bits per heavy atom. The largest absolute Gasteiger partial charge is 0.464 e. The standard InChI is InChI=1S/C19H23FN2O5/c1-3-19(4-2)17(25)22(18(26)21-19)12-16(24)27-11-5-6-15(23)13-7-9-14(20)10-8-13/h7-10H,3-6,11-12H2,1-2H3,(H,21,26). The number of urea groups is 1. The fourth-order valence-electron chi connectivity index (χ4n) is 2.92. The van der Waals surface area contributed by atoms with E-state index >= 15 is 0 Å². The Labute approximate surface area is 156 Å². The van der Waals surface area contributed by atoms with Crippen molar-refractivity contribution in [1.29, 1.82) is 0 Å². The van der Waals surface area contributed by atoms with Crippen LogP contribution in [0.2, 0.25) is 0 Å². The Bertz CT molecular complexity index is 728. The van der Waals surface area contributed by atoms with Crippen LogP contribution < -0.4 is 5.32 Å². The van der Waals surface area contributed by atoms with Gasteiger partial charge >= 0.3 is 12.0 Å². The SMILES string of the molecule is CCC1(CC)NC(=O)N(CC(=O)OCCCC(=O)c2ccc(F)cc2)C1=O. The first-order valence-electron chi connectivity index (χ1n) is 8.91. The molecule has 1 aromatic rings. The number of nitrogens with zero attached hydrogens (tertiary/aromatic N) is 1. The second-order valence-corrected chi connectivity index (χ2v) is 6.36. The molecule has 1 saturated heterocycles. The Morgan fingerprint density at radius 3 is 2.33 bits per heavy atom. The van der Waals surface area contributed by atoms with Gasteiger partial charge in [0.2, 0.25) is 0 Å². The minimum atomic E-state index is -0.959. The minimum absolute atomic E-state index is 0.0118. The molecule has 3 amide bonds. The lowest BCUT2D eigenvalue weighted by molar-refractivity contribution is -0.147. The number of esters is 1. The molecule has 0 aromatic heterocycles. The van der Waals surface area contributed by atoms with Crippen molar-refractivity contribution in [3.63, 3.8) is 0 Å². The van der Waals surface area contributed by atoms with E-state index in [-0.39, 0.29) is 25.2 Å². The summed E-state index contributed by atoms with van der Waals surface area (Å²) >= 11 is 0. The molecule has 1 heterocycles. The molecular formula is C19H23FN2O5. The van der Waals surface area contributed by atoms with Gasteiger partial charge in [-0.3, -0.25) is 19.3 Å². The third kappa shape index (κ3) is 4.69. The van der Waals surface area contributed by atoms with E-state index in [2.05, 4.69) is 5.32 Å². The predicted octanol–water partition coefficient (Wildman–Crippen LogP) is 2.44. The van der Waals surface area contributed by atoms with Gasteiger partial charge in [0.15, 0.2) is 5.78 Å². The van der Waals surface area contributed by atoms with E-state index in [1.807, 2.05) is 0 Å². The topological polar surface area (TPSA) is 92.8 Å². The number of amides is 3. The summed E-state index contributed by atoms with van der Waals surface area (Å²) in [5.74, 6) is -1.75. The van der Waals surface area contributed by atoms with Crippen LogP contribution in [0.4, 0.5) is 9.18 Å². The lowest BCUT2D eigenvalue weighted by Gasteiger charge is -2.22. The maximum atomic E-state index is 12.8. The minimum Gasteiger partial charge on any atom is -0.464 e. The van der Waals surface area contributed by atoms with E-state index in [0.717, 1.165) is 4.90 Å². The number of halogens is 1. The molecule has 27 heavy (non-hydrogen) atoms. The number of ether oxygens (including phenoxy) is 1. The molecule has 0 spiro atoms. The molecule has 0 radical (unpaired) electrons. The monoisotopic (exact) mass is 378 g/mol. The summed E-state index contributed by atoms with van der Waals surface area (Å²) in [5.41, 5.74) is -0.573. The van der Waals surface area contributed by atoms with Gasteiger partial charge in [0.1, 0.15) is 17.9 Å². The summed E-state index contributed by atoms with van der Waals surface area (Å²) in [7, 11) is 0. The van der Waals surface area contributed by atoms with Crippen LogP contribution in [-0.4, -0.2) is 47.3 Å². The summed E-state index contributed by atoms with van der Waals surface area (Å²) in [6.45, 7) is 3.11. The Balaban J connectivity index is 1.76. The number of imide groups is 1. The van der Waals surface area contributed by atoms with Gasteiger partial charge in [-0.25, -0.2) is 9.18 Å². The van der Waals surface area contributed by atoms with Gasteiger partial charge in [-0.15, -0.1) is 0 Å². The third-order valence-corrected chi connectivity index (χ3v) is 4.72. The molecule has 1 fully saturated rings. The summed E-state index contributed by atoms with van der Waals surface area (Å²) in [6.07, 6.45) is 1.29. The highest BCUT2D eigenvalue weighted by atomic mass is 19.1. The highest BCUT2D eigenvalue weighted by Crippen LogP contribution is 2.24. The number of Topliss-reactive ketones (excluding diaryl/α,β-unsaturated/α-hetero) is 1. The Morgan fingerprint density at radius 2 is 1.78 bits per heavy atom. The van der Waals surface area contributed by atoms with Gasteiger partial charge in [-0.1, -0.05) is 13.8 Å². The van der Waals surface area contributed by atoms with Crippen molar-refractivity contribution >= 4 is 23.7 Å². The van der Waals surface area contributed by atoms with Crippen molar-refractivity contribution in [2.45, 2.75) is 45.1 Å². The van der Waals surface area contributed by atoms with E-state index in [1.165, 1.54) is 24.3 Å². The van der Waals surface area contributed by atoms with Gasteiger partial charge in [0, 0.05) is 12.0 Å². The first-order chi connectivity index (χ1) is 12.8. The van der Waals surface area contributed by atoms with Crippen molar-refractivity contribution < 1.29 is 28.3 Å². The van der Waals surface area contributed by atoms with E-state index in [4.69, 9.17) is 4.74 Å². The maximum absolute atomic E-state index is 12.8. The van der Waals surface area contributed by atoms with Crippen molar-refractivity contribution in [2.24, 2.45) is 0 Å². The van der Waals surface area contributed by atoms with E-state index in [1.54, 1.807) is 13.8 Å². The number of nitrogens with one attached hydrogen (secondary N) is 1. The molecule has 1 aliphatic rings. The molecule has 2 rings (SSSR count). The fraction of sp³-hybridized carbons (Fsp3) is 0.474. The van der Waals surface area contributed by atoms with E-state index < -0.39 is 35.8 Å². The molecule has 8 heteroatoms. The van der Waals surface area contributed by atoms with Gasteiger partial charge < -0.3 is 10.1 Å². The number of carbonyl (C=O) groups excluding carboxylic acids is 4. The molecule has 0 bridgehead atoms. The van der Waals surface area contributed by atoms with Crippen LogP contribution in [0.3, 0.4) is 0 Å². The Hall–Kier alpha value is -2.77. The third-order valence-electron chi connectivity index (χ3n) is 4.72. The second kappa shape index (κ2) is 8.75. The van der Waals surface area contributed by atoms with Crippen molar-refractivity contribution in [3.05, 3.63) is 35.6 Å². The number of rotatable bonds is 9. The van der Waals surface area contributed by atoms with Gasteiger partial charge in [0.05, 0.1) is 6.61 Å². The van der Waals surface area contributed by atoms with Crippen molar-refractivity contribution in [1.82, 2.24) is 10.2 Å². The number of carbonyl (C=O) groups is 4. The molecule has 7 nitrogen and oxygen atoms in total. The van der Waals surface area contributed by atoms with Crippen molar-refractivity contribution in [3.8, 4) is 0 Å². The molecule has 0 saturated carbocycles. The van der Waals surface area contributed by atoms with E-state index in [9.17, 15) is 23.6 Å². The number of benzene rings is 1.